The van der Waals surface area contributed by atoms with Crippen LogP contribution in [0.2, 0.25) is 0 Å². The van der Waals surface area contributed by atoms with E-state index in [1.165, 1.54) is 11.1 Å². The number of ether oxygens (including phenoxy) is 1. The van der Waals surface area contributed by atoms with Crippen LogP contribution in [0.4, 0.5) is 0 Å². The summed E-state index contributed by atoms with van der Waals surface area (Å²) in [5.41, 5.74) is 2.57. The highest BCUT2D eigenvalue weighted by molar-refractivity contribution is 5.87. The zero-order valence-electron chi connectivity index (χ0n) is 14.0. The summed E-state index contributed by atoms with van der Waals surface area (Å²) in [5.74, 6) is 2.82. The van der Waals surface area contributed by atoms with Crippen molar-refractivity contribution in [1.29, 1.82) is 0 Å². The van der Waals surface area contributed by atoms with Crippen LogP contribution in [-0.2, 0) is 9.53 Å². The van der Waals surface area contributed by atoms with Gasteiger partial charge in [0.05, 0.1) is 6.61 Å². The van der Waals surface area contributed by atoms with Gasteiger partial charge in [0.25, 0.3) is 0 Å². The van der Waals surface area contributed by atoms with Crippen molar-refractivity contribution < 1.29 is 14.6 Å². The summed E-state index contributed by atoms with van der Waals surface area (Å²) < 4.78 is 5.47. The summed E-state index contributed by atoms with van der Waals surface area (Å²) >= 11 is 0. The van der Waals surface area contributed by atoms with Crippen molar-refractivity contribution in [3.05, 3.63) is 29.3 Å². The molecule has 0 heterocycles. The molecule has 0 aliphatic heterocycles. The fourth-order valence-electron chi connectivity index (χ4n) is 5.84. The Morgan fingerprint density at radius 2 is 2.13 bits per heavy atom. The zero-order valence-corrected chi connectivity index (χ0v) is 14.0. The summed E-state index contributed by atoms with van der Waals surface area (Å²) in [4.78, 5) is 12.4. The van der Waals surface area contributed by atoms with E-state index in [-0.39, 0.29) is 5.41 Å². The highest BCUT2D eigenvalue weighted by atomic mass is 16.5. The maximum absolute atomic E-state index is 12.4. The van der Waals surface area contributed by atoms with Crippen molar-refractivity contribution >= 4 is 5.78 Å². The number of hydrogen-bond donors (Lipinski definition) is 1. The van der Waals surface area contributed by atoms with E-state index in [1.807, 2.05) is 12.1 Å². The van der Waals surface area contributed by atoms with Crippen LogP contribution in [0.25, 0.3) is 0 Å². The molecule has 124 valence electrons. The highest BCUT2D eigenvalue weighted by Crippen LogP contribution is 2.61. The molecule has 1 N–H and O–H groups in total. The van der Waals surface area contributed by atoms with E-state index in [1.54, 1.807) is 7.11 Å². The molecule has 0 amide bonds. The molecule has 4 rings (SSSR count). The van der Waals surface area contributed by atoms with Crippen molar-refractivity contribution in [2.24, 2.45) is 17.3 Å². The molecule has 0 aromatic heterocycles. The van der Waals surface area contributed by atoms with Gasteiger partial charge >= 0.3 is 0 Å². The normalized spacial score (nSPS) is 38.8. The van der Waals surface area contributed by atoms with Crippen LogP contribution < -0.4 is 0 Å². The van der Waals surface area contributed by atoms with Gasteiger partial charge in [-0.25, -0.2) is 0 Å². The number of phenols is 1. The number of hydrogen-bond acceptors (Lipinski definition) is 3. The number of methoxy groups -OCH3 is 1. The van der Waals surface area contributed by atoms with Gasteiger partial charge in [-0.3, -0.25) is 4.79 Å². The van der Waals surface area contributed by atoms with E-state index < -0.39 is 0 Å². The van der Waals surface area contributed by atoms with E-state index in [4.69, 9.17) is 4.74 Å². The fraction of sp³-hybridized carbons (Fsp3) is 0.650. The molecule has 0 saturated heterocycles. The second kappa shape index (κ2) is 5.34. The first-order valence-electron chi connectivity index (χ1n) is 8.89. The lowest BCUT2D eigenvalue weighted by atomic mass is 9.54. The molecule has 5 atom stereocenters. The molecule has 0 radical (unpaired) electrons. The molecule has 5 unspecified atom stereocenters. The van der Waals surface area contributed by atoms with Crippen LogP contribution in [0.15, 0.2) is 18.2 Å². The maximum Gasteiger partial charge on any atom is 0.139 e. The van der Waals surface area contributed by atoms with E-state index in [0.717, 1.165) is 32.1 Å². The lowest BCUT2D eigenvalue weighted by Gasteiger charge is -2.50. The second-order valence-corrected chi connectivity index (χ2v) is 8.00. The van der Waals surface area contributed by atoms with Crippen LogP contribution in [0.3, 0.4) is 0 Å². The van der Waals surface area contributed by atoms with Gasteiger partial charge in [0.1, 0.15) is 11.5 Å². The topological polar surface area (TPSA) is 46.5 Å². The molecule has 3 aliphatic rings. The predicted octanol–water partition coefficient (Wildman–Crippen LogP) is 4.00. The Hall–Kier alpha value is -1.35. The van der Waals surface area contributed by atoms with Gasteiger partial charge in [-0.05, 0) is 66.7 Å². The number of rotatable bonds is 2. The number of benzene rings is 1. The average molecular weight is 314 g/mol. The minimum Gasteiger partial charge on any atom is -0.508 e. The third kappa shape index (κ3) is 2.16. The van der Waals surface area contributed by atoms with Crippen LogP contribution in [0.1, 0.15) is 62.0 Å². The lowest BCUT2D eigenvalue weighted by molar-refractivity contribution is -0.129. The van der Waals surface area contributed by atoms with Crippen LogP contribution in [-0.4, -0.2) is 24.6 Å². The molecule has 2 fully saturated rings. The van der Waals surface area contributed by atoms with Gasteiger partial charge in [-0.1, -0.05) is 13.0 Å². The van der Waals surface area contributed by atoms with E-state index >= 15 is 0 Å². The molecule has 2 saturated carbocycles. The Morgan fingerprint density at radius 1 is 1.30 bits per heavy atom. The van der Waals surface area contributed by atoms with Gasteiger partial charge in [-0.2, -0.15) is 0 Å². The Labute approximate surface area is 138 Å². The first-order chi connectivity index (χ1) is 11.0. The van der Waals surface area contributed by atoms with E-state index in [0.29, 0.717) is 41.8 Å². The van der Waals surface area contributed by atoms with Crippen molar-refractivity contribution in [1.82, 2.24) is 0 Å². The number of fused-ring (bicyclic) bond motifs is 5. The molecular formula is C20H26O3. The Kier molecular flexibility index (Phi) is 3.53. The largest absolute Gasteiger partial charge is 0.508 e. The van der Waals surface area contributed by atoms with Gasteiger partial charge in [-0.15, -0.1) is 0 Å². The van der Waals surface area contributed by atoms with Gasteiger partial charge in [0, 0.05) is 24.9 Å². The monoisotopic (exact) mass is 314 g/mol. The third-order valence-electron chi connectivity index (χ3n) is 6.98. The number of carbonyl (C=O) groups excluding carboxylic acids is 1. The van der Waals surface area contributed by atoms with E-state index in [2.05, 4.69) is 13.0 Å². The summed E-state index contributed by atoms with van der Waals surface area (Å²) in [6, 6.07) is 5.87. The van der Waals surface area contributed by atoms with Crippen LogP contribution >= 0.6 is 0 Å². The summed E-state index contributed by atoms with van der Waals surface area (Å²) in [6.45, 7) is 2.90. The molecule has 23 heavy (non-hydrogen) atoms. The van der Waals surface area contributed by atoms with Gasteiger partial charge in [0.15, 0.2) is 0 Å². The molecule has 1 aromatic rings. The van der Waals surface area contributed by atoms with Gasteiger partial charge < -0.3 is 9.84 Å². The lowest BCUT2D eigenvalue weighted by Crippen LogP contribution is -2.43. The van der Waals surface area contributed by atoms with Crippen LogP contribution in [0.5, 0.6) is 5.75 Å². The van der Waals surface area contributed by atoms with Gasteiger partial charge in [0.2, 0.25) is 0 Å². The molecule has 3 aliphatic carbocycles. The zero-order chi connectivity index (χ0) is 16.2. The highest BCUT2D eigenvalue weighted by Gasteiger charge is 2.55. The number of carbonyl (C=O) groups is 1. The standard InChI is InChI=1S/C20H26O3/c1-20-8-7-15-14-4-3-13(21)10-16(14)12(11-23-2)9-17(15)18(20)5-6-19(20)22/h3-4,10,12,15,17-18,21H,5-9,11H2,1-2H3. The van der Waals surface area contributed by atoms with Crippen LogP contribution in [0, 0.1) is 17.3 Å². The smallest absolute Gasteiger partial charge is 0.139 e. The quantitative estimate of drug-likeness (QED) is 0.897. The minimum absolute atomic E-state index is 0.0901. The molecule has 3 heteroatoms. The first-order valence-corrected chi connectivity index (χ1v) is 8.89. The second-order valence-electron chi connectivity index (χ2n) is 8.00. The maximum atomic E-state index is 12.4. The molecule has 3 nitrogen and oxygen atoms in total. The number of ketones is 1. The molecule has 0 spiro atoms. The average Bonchev–Trinajstić information content (AvgIpc) is 2.83. The summed E-state index contributed by atoms with van der Waals surface area (Å²) in [6.07, 6.45) is 5.03. The van der Waals surface area contributed by atoms with E-state index in [9.17, 15) is 9.90 Å². The fourth-order valence-corrected chi connectivity index (χ4v) is 5.84. The molecular weight excluding hydrogens is 288 g/mol. The SMILES string of the molecule is COCC1CC2C(CCC3(C)C(=O)CCC23)c2ccc(O)cc21. The predicted molar refractivity (Wildman–Crippen MR) is 88.6 cm³/mol. The molecule has 0 bridgehead atoms. The Balaban J connectivity index is 1.76. The van der Waals surface area contributed by atoms with Crippen molar-refractivity contribution in [3.63, 3.8) is 0 Å². The minimum atomic E-state index is -0.0901. The Morgan fingerprint density at radius 3 is 2.91 bits per heavy atom. The van der Waals surface area contributed by atoms with Crippen molar-refractivity contribution in [3.8, 4) is 5.75 Å². The summed E-state index contributed by atoms with van der Waals surface area (Å²) in [5, 5.41) is 9.91. The first kappa shape index (κ1) is 15.2. The number of Topliss-reactive ketones (excluding diaryl/α,β-unsaturated/α-hetero) is 1. The van der Waals surface area contributed by atoms with Crippen molar-refractivity contribution in [2.45, 2.75) is 50.9 Å². The molecule has 1 aromatic carbocycles. The third-order valence-corrected chi connectivity index (χ3v) is 6.98. The van der Waals surface area contributed by atoms with Crippen molar-refractivity contribution in [2.75, 3.05) is 13.7 Å². The Bertz CT molecular complexity index is 638. The number of aromatic hydroxyl groups is 1. The number of phenolic OH excluding ortho intramolecular Hbond substituents is 1. The summed E-state index contributed by atoms with van der Waals surface area (Å²) in [7, 11) is 1.75.